The van der Waals surface area contributed by atoms with E-state index >= 15 is 0 Å². The lowest BCUT2D eigenvalue weighted by molar-refractivity contribution is 0.197. The predicted octanol–water partition coefficient (Wildman–Crippen LogP) is 4.03. The van der Waals surface area contributed by atoms with Gasteiger partial charge in [-0.15, -0.1) is 0 Å². The quantitative estimate of drug-likeness (QED) is 0.708. The number of phenolic OH excluding ortho intramolecular Hbond substituents is 2. The maximum absolute atomic E-state index is 12.2. The third-order valence-electron chi connectivity index (χ3n) is 3.44. The van der Waals surface area contributed by atoms with Gasteiger partial charge in [-0.25, -0.2) is 0 Å². The summed E-state index contributed by atoms with van der Waals surface area (Å²) in [4.78, 5) is 0. The van der Waals surface area contributed by atoms with Crippen molar-refractivity contribution in [2.24, 2.45) is 0 Å². The predicted molar refractivity (Wildman–Crippen MR) is 83.1 cm³/mol. The third kappa shape index (κ3) is 5.03. The normalized spacial score (nSPS) is 14.9. The molecule has 6 heteroatoms. The van der Waals surface area contributed by atoms with Gasteiger partial charge in [0.25, 0.3) is 0 Å². The molecule has 1 unspecified atom stereocenters. The molecule has 0 saturated carbocycles. The van der Waals surface area contributed by atoms with Crippen LogP contribution >= 0.6 is 7.60 Å². The molecule has 0 aliphatic heterocycles. The van der Waals surface area contributed by atoms with Crippen molar-refractivity contribution < 1.29 is 23.8 Å². The molecular weight excluding hydrogens is 291 g/mol. The zero-order valence-electron chi connectivity index (χ0n) is 13.1. The summed E-state index contributed by atoms with van der Waals surface area (Å²) >= 11 is 0. The van der Waals surface area contributed by atoms with Crippen molar-refractivity contribution in [3.63, 3.8) is 0 Å². The highest BCUT2D eigenvalue weighted by Gasteiger charge is 2.27. The van der Waals surface area contributed by atoms with E-state index in [9.17, 15) is 14.8 Å². The molecule has 1 atom stereocenters. The van der Waals surface area contributed by atoms with Gasteiger partial charge in [0.2, 0.25) is 0 Å². The summed E-state index contributed by atoms with van der Waals surface area (Å²) in [6.07, 6.45) is 0.911. The molecule has 1 aromatic carbocycles. The van der Waals surface area contributed by atoms with Crippen molar-refractivity contribution in [1.29, 1.82) is 0 Å². The summed E-state index contributed by atoms with van der Waals surface area (Å²) in [6.45, 7) is 8.10. The lowest BCUT2D eigenvalue weighted by atomic mass is 9.81. The molecule has 2 N–H and O–H groups in total. The zero-order chi connectivity index (χ0) is 16.1. The van der Waals surface area contributed by atoms with Gasteiger partial charge in [0.05, 0.1) is 13.2 Å². The molecule has 0 aromatic heterocycles. The molecule has 0 aliphatic rings. The van der Waals surface area contributed by atoms with Gasteiger partial charge in [0, 0.05) is 12.2 Å². The second kappa shape index (κ2) is 7.30. The van der Waals surface area contributed by atoms with Crippen molar-refractivity contribution in [1.82, 2.24) is 0 Å². The van der Waals surface area contributed by atoms with E-state index in [4.69, 9.17) is 9.05 Å². The smallest absolute Gasteiger partial charge is 0.330 e. The van der Waals surface area contributed by atoms with Crippen LogP contribution in [-0.2, 0) is 19.0 Å². The Morgan fingerprint density at radius 3 is 2.38 bits per heavy atom. The van der Waals surface area contributed by atoms with Gasteiger partial charge in [0.15, 0.2) is 0 Å². The minimum absolute atomic E-state index is 0.0233. The van der Waals surface area contributed by atoms with Gasteiger partial charge < -0.3 is 19.3 Å². The third-order valence-corrected chi connectivity index (χ3v) is 5.44. The first-order chi connectivity index (χ1) is 9.74. The molecular formula is C15H25O5P. The summed E-state index contributed by atoms with van der Waals surface area (Å²) in [7, 11) is -3.00. The first kappa shape index (κ1) is 18.0. The molecule has 0 radical (unpaired) electrons. The summed E-state index contributed by atoms with van der Waals surface area (Å²) in [5.41, 5.74) is 0.342. The maximum Gasteiger partial charge on any atom is 0.330 e. The molecule has 0 heterocycles. The van der Waals surface area contributed by atoms with Crippen LogP contribution in [0.2, 0.25) is 0 Å². The van der Waals surface area contributed by atoms with Crippen LogP contribution in [0.1, 0.15) is 39.7 Å². The number of phenols is 2. The fourth-order valence-electron chi connectivity index (χ4n) is 2.08. The van der Waals surface area contributed by atoms with E-state index in [-0.39, 0.29) is 23.5 Å². The molecule has 120 valence electrons. The van der Waals surface area contributed by atoms with Crippen LogP contribution in [0.3, 0.4) is 0 Å². The highest BCUT2D eigenvalue weighted by Crippen LogP contribution is 2.48. The van der Waals surface area contributed by atoms with E-state index in [1.807, 2.05) is 13.8 Å². The fraction of sp³-hybridized carbons (Fsp3) is 0.600. The Hall–Kier alpha value is -1.03. The van der Waals surface area contributed by atoms with Crippen molar-refractivity contribution >= 4 is 7.60 Å². The van der Waals surface area contributed by atoms with Gasteiger partial charge in [-0.2, -0.15) is 0 Å². The molecule has 1 rings (SSSR count). The molecule has 0 saturated heterocycles. The van der Waals surface area contributed by atoms with Crippen LogP contribution in [0.15, 0.2) is 18.2 Å². The molecule has 21 heavy (non-hydrogen) atoms. The Bertz CT molecular complexity index is 513. The largest absolute Gasteiger partial charge is 0.508 e. The van der Waals surface area contributed by atoms with Gasteiger partial charge in [-0.05, 0) is 30.4 Å². The van der Waals surface area contributed by atoms with E-state index < -0.39 is 7.60 Å². The van der Waals surface area contributed by atoms with E-state index in [2.05, 4.69) is 0 Å². The van der Waals surface area contributed by atoms with Crippen molar-refractivity contribution in [3.05, 3.63) is 23.8 Å². The van der Waals surface area contributed by atoms with Crippen molar-refractivity contribution in [2.45, 2.75) is 39.5 Å². The number of aromatic hydroxyl groups is 2. The number of rotatable bonds is 8. The Morgan fingerprint density at radius 2 is 1.86 bits per heavy atom. The van der Waals surface area contributed by atoms with E-state index in [0.29, 0.717) is 24.8 Å². The highest BCUT2D eigenvalue weighted by molar-refractivity contribution is 7.53. The van der Waals surface area contributed by atoms with Gasteiger partial charge >= 0.3 is 7.60 Å². The van der Waals surface area contributed by atoms with Crippen molar-refractivity contribution in [2.75, 3.05) is 19.4 Å². The van der Waals surface area contributed by atoms with E-state index in [1.54, 1.807) is 19.9 Å². The van der Waals surface area contributed by atoms with Crippen LogP contribution in [-0.4, -0.2) is 29.6 Å². The molecule has 0 amide bonds. The highest BCUT2D eigenvalue weighted by atomic mass is 31.2. The summed E-state index contributed by atoms with van der Waals surface area (Å²) < 4.78 is 22.8. The first-order valence-electron chi connectivity index (χ1n) is 7.14. The average molecular weight is 316 g/mol. The zero-order valence-corrected chi connectivity index (χ0v) is 14.0. The fourth-order valence-corrected chi connectivity index (χ4v) is 3.29. The number of hydrogen-bond acceptors (Lipinski definition) is 5. The molecule has 0 spiro atoms. The molecule has 1 aromatic rings. The summed E-state index contributed by atoms with van der Waals surface area (Å²) in [5, 5.41) is 19.3. The second-order valence-electron chi connectivity index (χ2n) is 5.51. The van der Waals surface area contributed by atoms with Crippen LogP contribution in [0.25, 0.3) is 0 Å². The summed E-state index contributed by atoms with van der Waals surface area (Å²) in [6, 6.07) is 4.54. The minimum atomic E-state index is -3.00. The molecule has 0 aliphatic carbocycles. The van der Waals surface area contributed by atoms with Crippen molar-refractivity contribution in [3.8, 4) is 11.5 Å². The Balaban J connectivity index is 2.71. The van der Waals surface area contributed by atoms with Crippen LogP contribution in [0.5, 0.6) is 11.5 Å². The Kier molecular flexibility index (Phi) is 6.26. The summed E-state index contributed by atoms with van der Waals surface area (Å²) in [5.74, 6) is 0.0682. The van der Waals surface area contributed by atoms with E-state index in [0.717, 1.165) is 0 Å². The first-order valence-corrected chi connectivity index (χ1v) is 8.87. The van der Waals surface area contributed by atoms with Crippen LogP contribution in [0, 0.1) is 0 Å². The van der Waals surface area contributed by atoms with Gasteiger partial charge in [-0.1, -0.05) is 26.8 Å². The molecule has 0 bridgehead atoms. The van der Waals surface area contributed by atoms with Crippen LogP contribution < -0.4 is 0 Å². The average Bonchev–Trinajstić information content (AvgIpc) is 2.38. The van der Waals surface area contributed by atoms with Gasteiger partial charge in [0.1, 0.15) is 11.5 Å². The lowest BCUT2D eigenvalue weighted by Gasteiger charge is -2.27. The van der Waals surface area contributed by atoms with Gasteiger partial charge in [-0.3, -0.25) is 4.57 Å². The topological polar surface area (TPSA) is 76.0 Å². The standard InChI is InChI=1S/C15H25O5P/c1-5-19-21(18,6-2)20-10-9-15(3,4)13-8-7-12(16)11-14(13)17/h7-8,11,16-17H,5-6,9-10H2,1-4H3. The number of benzene rings is 1. The second-order valence-corrected chi connectivity index (χ2v) is 7.88. The Labute approximate surface area is 126 Å². The lowest BCUT2D eigenvalue weighted by Crippen LogP contribution is -2.20. The maximum atomic E-state index is 12.2. The Morgan fingerprint density at radius 1 is 1.19 bits per heavy atom. The van der Waals surface area contributed by atoms with E-state index in [1.165, 1.54) is 12.1 Å². The van der Waals surface area contributed by atoms with Crippen LogP contribution in [0.4, 0.5) is 0 Å². The molecule has 0 fully saturated rings. The number of hydrogen-bond donors (Lipinski definition) is 2. The SMILES string of the molecule is CCOP(=O)(CC)OCCC(C)(C)c1ccc(O)cc1O. The minimum Gasteiger partial charge on any atom is -0.508 e. The monoisotopic (exact) mass is 316 g/mol. The molecule has 5 nitrogen and oxygen atoms in total.